The second kappa shape index (κ2) is 11.4. The van der Waals surface area contributed by atoms with Crippen LogP contribution in [0.1, 0.15) is 19.0 Å². The lowest BCUT2D eigenvalue weighted by Crippen LogP contribution is -2.43. The van der Waals surface area contributed by atoms with E-state index in [1.165, 1.54) is 23.8 Å². The first-order chi connectivity index (χ1) is 18.4. The van der Waals surface area contributed by atoms with Crippen molar-refractivity contribution < 1.29 is 26.3 Å². The molecule has 0 bridgehead atoms. The molecule has 1 fully saturated rings. The summed E-state index contributed by atoms with van der Waals surface area (Å²) in [4.78, 5) is 2.40. The molecule has 0 spiro atoms. The van der Waals surface area contributed by atoms with Crippen LogP contribution in [0.4, 0.5) is 24.5 Å². The summed E-state index contributed by atoms with van der Waals surface area (Å²) in [5.41, 5.74) is 2.04. The van der Waals surface area contributed by atoms with Gasteiger partial charge in [0.1, 0.15) is 12.3 Å². The van der Waals surface area contributed by atoms with Crippen LogP contribution in [0, 0.1) is 17.8 Å². The van der Waals surface area contributed by atoms with Crippen molar-refractivity contribution in [2.45, 2.75) is 37.0 Å². The van der Waals surface area contributed by atoms with E-state index in [0.29, 0.717) is 28.3 Å². The molecule has 0 radical (unpaired) electrons. The highest BCUT2D eigenvalue weighted by atomic mass is 32.2. The number of rotatable bonds is 7. The summed E-state index contributed by atoms with van der Waals surface area (Å²) in [5, 5.41) is 7.32. The molecule has 1 aromatic heterocycles. The van der Waals surface area contributed by atoms with Crippen molar-refractivity contribution in [3.05, 3.63) is 48.2 Å². The third-order valence-electron chi connectivity index (χ3n) is 6.92. The molecule has 0 unspecified atom stereocenters. The Hall–Kier alpha value is -3.36. The summed E-state index contributed by atoms with van der Waals surface area (Å²) < 4.78 is 70.7. The van der Waals surface area contributed by atoms with Crippen molar-refractivity contribution >= 4 is 32.1 Å². The zero-order valence-corrected chi connectivity index (χ0v) is 23.2. The molecule has 1 saturated heterocycles. The number of anilines is 2. The number of sulfone groups is 1. The van der Waals surface area contributed by atoms with Crippen LogP contribution in [0.2, 0.25) is 0 Å². The molecule has 2 aromatic carbocycles. The third-order valence-corrected chi connectivity index (χ3v) is 8.03. The number of piperidine rings is 1. The molecule has 2 N–H and O–H groups in total. The molecule has 1 aliphatic heterocycles. The van der Waals surface area contributed by atoms with Crippen molar-refractivity contribution in [1.29, 1.82) is 0 Å². The highest BCUT2D eigenvalue weighted by molar-refractivity contribution is 7.90. The van der Waals surface area contributed by atoms with Gasteiger partial charge in [0.05, 0.1) is 35.4 Å². The molecule has 2 heterocycles. The van der Waals surface area contributed by atoms with Gasteiger partial charge in [0.25, 0.3) is 0 Å². The number of hydrogen-bond acceptors (Lipinski definition) is 6. The van der Waals surface area contributed by atoms with Crippen LogP contribution >= 0.6 is 0 Å². The number of nitrogens with one attached hydrogen (secondary N) is 2. The first-order valence-electron chi connectivity index (χ1n) is 12.6. The van der Waals surface area contributed by atoms with Gasteiger partial charge in [-0.05, 0) is 62.2 Å². The van der Waals surface area contributed by atoms with Crippen molar-refractivity contribution in [2.75, 3.05) is 50.7 Å². The molecule has 0 saturated carbocycles. The molecule has 0 aliphatic carbocycles. The summed E-state index contributed by atoms with van der Waals surface area (Å²) in [6, 6.07) is 11.7. The van der Waals surface area contributed by atoms with Crippen LogP contribution in [-0.4, -0.2) is 70.2 Å². The number of benzene rings is 2. The number of likely N-dealkylation sites (tertiary alicyclic amines) is 1. The number of nitrogens with zero attached hydrogens (tertiary/aromatic N) is 2. The minimum Gasteiger partial charge on any atom is -0.495 e. The maximum atomic E-state index is 13.5. The van der Waals surface area contributed by atoms with Gasteiger partial charge in [-0.1, -0.05) is 18.9 Å². The van der Waals surface area contributed by atoms with Crippen molar-refractivity contribution in [3.63, 3.8) is 0 Å². The van der Waals surface area contributed by atoms with Crippen LogP contribution in [0.15, 0.2) is 47.4 Å². The van der Waals surface area contributed by atoms with E-state index in [9.17, 15) is 21.6 Å². The number of ether oxygens (including phenoxy) is 1. The molecular formula is C28H33F3N4O3S. The normalized spacial score (nSPS) is 18.4. The molecule has 39 heavy (non-hydrogen) atoms. The first-order valence-corrected chi connectivity index (χ1v) is 14.5. The van der Waals surface area contributed by atoms with Gasteiger partial charge in [-0.3, -0.25) is 0 Å². The molecule has 3 aromatic rings. The van der Waals surface area contributed by atoms with Gasteiger partial charge in [0.2, 0.25) is 0 Å². The van der Waals surface area contributed by atoms with E-state index >= 15 is 0 Å². The maximum Gasteiger partial charge on any atom is 0.406 e. The van der Waals surface area contributed by atoms with Gasteiger partial charge in [0, 0.05) is 36.0 Å². The monoisotopic (exact) mass is 562 g/mol. The third kappa shape index (κ3) is 6.99. The minimum atomic E-state index is -4.42. The van der Waals surface area contributed by atoms with Gasteiger partial charge in [-0.25, -0.2) is 8.42 Å². The van der Waals surface area contributed by atoms with E-state index in [-0.39, 0.29) is 23.2 Å². The highest BCUT2D eigenvalue weighted by Crippen LogP contribution is 2.32. The summed E-state index contributed by atoms with van der Waals surface area (Å²) in [6.45, 7) is 3.05. The topological polar surface area (TPSA) is 75.6 Å². The molecule has 1 aliphatic rings. The largest absolute Gasteiger partial charge is 0.495 e. The van der Waals surface area contributed by atoms with E-state index < -0.39 is 22.6 Å². The number of fused-ring (bicyclic) bond motifs is 1. The number of hydrogen-bond donors (Lipinski definition) is 2. The minimum absolute atomic E-state index is 0.111. The first kappa shape index (κ1) is 28.6. The molecular weight excluding hydrogens is 529 g/mol. The number of halogens is 3. The Kier molecular flexibility index (Phi) is 8.37. The average molecular weight is 563 g/mol. The number of aromatic nitrogens is 1. The zero-order chi connectivity index (χ0) is 28.4. The molecule has 210 valence electrons. The van der Waals surface area contributed by atoms with E-state index in [4.69, 9.17) is 4.74 Å². The standard InChI is InChI=1S/C28H33F3N4O3S/c1-19-17-34(2)14-12-23(19)33-24-8-5-9-26-22(24)15-20(35(26)18-28(29,30)31)7-6-13-32-25-11-10-21(39(4,36)37)16-27(25)38-3/h5,8-11,15-16,19,23,32-33H,12-14,17-18H2,1-4H3/t19-,23+/m1/s1. The van der Waals surface area contributed by atoms with Gasteiger partial charge >= 0.3 is 6.18 Å². The average Bonchev–Trinajstić information content (AvgIpc) is 3.19. The fraction of sp³-hybridized carbons (Fsp3) is 0.429. The van der Waals surface area contributed by atoms with Gasteiger partial charge in [-0.15, -0.1) is 0 Å². The second-order valence-electron chi connectivity index (χ2n) is 10.0. The van der Waals surface area contributed by atoms with E-state index in [0.717, 1.165) is 31.5 Å². The Balaban J connectivity index is 1.61. The number of alkyl halides is 3. The van der Waals surface area contributed by atoms with E-state index in [2.05, 4.69) is 41.3 Å². The molecule has 2 atom stereocenters. The van der Waals surface area contributed by atoms with Crippen LogP contribution < -0.4 is 15.4 Å². The molecule has 4 rings (SSSR count). The Morgan fingerprint density at radius 3 is 2.59 bits per heavy atom. The maximum absolute atomic E-state index is 13.5. The van der Waals surface area contributed by atoms with Crippen LogP contribution in [0.3, 0.4) is 0 Å². The van der Waals surface area contributed by atoms with Gasteiger partial charge < -0.3 is 24.8 Å². The predicted octanol–water partition coefficient (Wildman–Crippen LogP) is 4.83. The second-order valence-corrected chi connectivity index (χ2v) is 12.1. The Labute approximate surface area is 227 Å². The Morgan fingerprint density at radius 1 is 1.15 bits per heavy atom. The smallest absolute Gasteiger partial charge is 0.406 e. The van der Waals surface area contributed by atoms with Crippen molar-refractivity contribution in [1.82, 2.24) is 9.47 Å². The quantitative estimate of drug-likeness (QED) is 0.402. The fourth-order valence-electron chi connectivity index (χ4n) is 4.95. The van der Waals surface area contributed by atoms with E-state index in [1.54, 1.807) is 24.3 Å². The summed E-state index contributed by atoms with van der Waals surface area (Å²) in [6.07, 6.45) is -2.36. The lowest BCUT2D eigenvalue weighted by molar-refractivity contribution is -0.140. The SMILES string of the molecule is COc1cc(S(C)(=O)=O)ccc1NCC#Cc1cc2c(N[C@H]3CCN(C)C[C@H]3C)cccc2n1CC(F)(F)F. The van der Waals surface area contributed by atoms with Crippen LogP contribution in [-0.2, 0) is 16.4 Å². The summed E-state index contributed by atoms with van der Waals surface area (Å²) in [7, 11) is 0.109. The molecule has 0 amide bonds. The Morgan fingerprint density at radius 2 is 1.92 bits per heavy atom. The molecule has 7 nitrogen and oxygen atoms in total. The summed E-state index contributed by atoms with van der Waals surface area (Å²) >= 11 is 0. The predicted molar refractivity (Wildman–Crippen MR) is 148 cm³/mol. The van der Waals surface area contributed by atoms with E-state index in [1.807, 2.05) is 6.07 Å². The van der Waals surface area contributed by atoms with Crippen LogP contribution in [0.25, 0.3) is 10.9 Å². The fourth-order valence-corrected chi connectivity index (χ4v) is 5.59. The Bertz CT molecular complexity index is 1510. The van der Waals surface area contributed by atoms with Crippen molar-refractivity contribution in [3.8, 4) is 17.6 Å². The molecule has 11 heteroatoms. The highest BCUT2D eigenvalue weighted by Gasteiger charge is 2.30. The number of methoxy groups -OCH3 is 1. The van der Waals surface area contributed by atoms with Crippen LogP contribution in [0.5, 0.6) is 5.75 Å². The summed E-state index contributed by atoms with van der Waals surface area (Å²) in [5.74, 6) is 6.51. The van der Waals surface area contributed by atoms with Gasteiger partial charge in [0.15, 0.2) is 9.84 Å². The lowest BCUT2D eigenvalue weighted by atomic mass is 9.94. The zero-order valence-electron chi connectivity index (χ0n) is 22.4. The van der Waals surface area contributed by atoms with Gasteiger partial charge in [-0.2, -0.15) is 13.2 Å². The lowest BCUT2D eigenvalue weighted by Gasteiger charge is -2.36. The van der Waals surface area contributed by atoms with Crippen molar-refractivity contribution in [2.24, 2.45) is 5.92 Å².